The number of fused-ring (bicyclic) bond motifs is 1. The summed E-state index contributed by atoms with van der Waals surface area (Å²) in [4.78, 5) is 0. The molecule has 0 saturated heterocycles. The minimum atomic E-state index is 1.03. The van der Waals surface area contributed by atoms with Gasteiger partial charge in [-0.1, -0.05) is 30.3 Å². The topological polar surface area (TPSA) is 17.8 Å². The lowest BCUT2D eigenvalue weighted by Gasteiger charge is -1.99. The first-order valence-electron chi connectivity index (χ1n) is 5.23. The van der Waals surface area contributed by atoms with Gasteiger partial charge in [0, 0.05) is 18.6 Å². The van der Waals surface area contributed by atoms with Crippen molar-refractivity contribution in [2.24, 2.45) is 7.05 Å². The van der Waals surface area contributed by atoms with Crippen LogP contribution >= 0.6 is 0 Å². The van der Waals surface area contributed by atoms with E-state index in [9.17, 15) is 0 Å². The Balaban J connectivity index is 2.18. The number of benzene rings is 2. The normalized spacial score (nSPS) is 10.8. The maximum absolute atomic E-state index is 4.35. The van der Waals surface area contributed by atoms with Gasteiger partial charge in [0.2, 0.25) is 0 Å². The van der Waals surface area contributed by atoms with Gasteiger partial charge in [0.1, 0.15) is 0 Å². The summed E-state index contributed by atoms with van der Waals surface area (Å²) in [6, 6.07) is 17.5. The summed E-state index contributed by atoms with van der Waals surface area (Å²) >= 11 is 0. The Bertz CT molecular complexity index is 624. The maximum atomic E-state index is 4.35. The third kappa shape index (κ3) is 1.48. The summed E-state index contributed by atoms with van der Waals surface area (Å²) in [6.07, 6.45) is 2.03. The maximum Gasteiger partial charge on any atom is 0.0923 e. The second-order valence-electron chi connectivity index (χ2n) is 3.85. The van der Waals surface area contributed by atoms with Crippen LogP contribution in [0.4, 0.5) is 0 Å². The van der Waals surface area contributed by atoms with Crippen molar-refractivity contribution < 1.29 is 0 Å². The Hall–Kier alpha value is -2.09. The lowest BCUT2D eigenvalue weighted by Crippen LogP contribution is -1.84. The fourth-order valence-corrected chi connectivity index (χ4v) is 1.89. The summed E-state index contributed by atoms with van der Waals surface area (Å²) in [6.45, 7) is 0. The van der Waals surface area contributed by atoms with Crippen LogP contribution in [0.2, 0.25) is 0 Å². The van der Waals surface area contributed by atoms with Gasteiger partial charge in [0.25, 0.3) is 0 Å². The number of aryl methyl sites for hydroxylation is 1. The minimum Gasteiger partial charge on any atom is -0.275 e. The zero-order chi connectivity index (χ0) is 11.0. The van der Waals surface area contributed by atoms with Gasteiger partial charge in [-0.3, -0.25) is 4.68 Å². The Morgan fingerprint density at radius 3 is 2.94 bits per heavy atom. The molecule has 0 bridgehead atoms. The molecule has 3 aromatic rings. The smallest absolute Gasteiger partial charge is 0.0923 e. The van der Waals surface area contributed by atoms with Crippen molar-refractivity contribution in [3.8, 4) is 11.1 Å². The Labute approximate surface area is 94.1 Å². The molecule has 1 radical (unpaired) electrons. The van der Waals surface area contributed by atoms with Gasteiger partial charge >= 0.3 is 0 Å². The third-order valence-corrected chi connectivity index (χ3v) is 2.64. The SMILES string of the molecule is Cn1cc2cc(-c3[c]cccc3)ccc2n1. The molecule has 0 unspecified atom stereocenters. The first-order chi connectivity index (χ1) is 7.83. The van der Waals surface area contributed by atoms with Gasteiger partial charge < -0.3 is 0 Å². The molecule has 0 aliphatic rings. The molecule has 0 amide bonds. The lowest BCUT2D eigenvalue weighted by atomic mass is 10.0. The van der Waals surface area contributed by atoms with Crippen LogP contribution in [0, 0.1) is 6.07 Å². The van der Waals surface area contributed by atoms with Gasteiger partial charge in [-0.25, -0.2) is 0 Å². The van der Waals surface area contributed by atoms with Crippen LogP contribution in [0.5, 0.6) is 0 Å². The first-order valence-corrected chi connectivity index (χ1v) is 5.23. The van der Waals surface area contributed by atoms with Crippen molar-refractivity contribution in [1.29, 1.82) is 0 Å². The molecule has 0 saturated carbocycles. The summed E-state index contributed by atoms with van der Waals surface area (Å²) in [5.41, 5.74) is 3.33. The highest BCUT2D eigenvalue weighted by atomic mass is 15.2. The monoisotopic (exact) mass is 207 g/mol. The molecule has 2 heteroatoms. The van der Waals surface area contributed by atoms with Crippen LogP contribution in [0.1, 0.15) is 0 Å². The van der Waals surface area contributed by atoms with E-state index in [1.165, 1.54) is 5.56 Å². The average molecular weight is 207 g/mol. The number of rotatable bonds is 1. The van der Waals surface area contributed by atoms with Gasteiger partial charge in [0.15, 0.2) is 0 Å². The van der Waals surface area contributed by atoms with E-state index in [0.29, 0.717) is 0 Å². The van der Waals surface area contributed by atoms with E-state index in [2.05, 4.69) is 29.4 Å². The van der Waals surface area contributed by atoms with Crippen molar-refractivity contribution in [1.82, 2.24) is 9.78 Å². The zero-order valence-electron chi connectivity index (χ0n) is 9.01. The van der Waals surface area contributed by atoms with E-state index in [0.717, 1.165) is 16.5 Å². The molecule has 0 N–H and O–H groups in total. The van der Waals surface area contributed by atoms with Crippen LogP contribution in [0.25, 0.3) is 22.0 Å². The van der Waals surface area contributed by atoms with Crippen LogP contribution in [-0.2, 0) is 7.05 Å². The highest BCUT2D eigenvalue weighted by Crippen LogP contribution is 2.22. The molecule has 1 aromatic heterocycles. The predicted octanol–water partition coefficient (Wildman–Crippen LogP) is 3.04. The molecule has 0 atom stereocenters. The highest BCUT2D eigenvalue weighted by Gasteiger charge is 2.01. The number of hydrogen-bond donors (Lipinski definition) is 0. The summed E-state index contributed by atoms with van der Waals surface area (Å²) in [7, 11) is 1.94. The van der Waals surface area contributed by atoms with Crippen LogP contribution in [0.3, 0.4) is 0 Å². The van der Waals surface area contributed by atoms with Crippen molar-refractivity contribution in [3.05, 3.63) is 54.7 Å². The third-order valence-electron chi connectivity index (χ3n) is 2.64. The molecule has 0 aliphatic heterocycles. The van der Waals surface area contributed by atoms with Crippen molar-refractivity contribution in [3.63, 3.8) is 0 Å². The molecule has 2 aromatic carbocycles. The molecule has 2 nitrogen and oxygen atoms in total. The van der Waals surface area contributed by atoms with Gasteiger partial charge in [-0.15, -0.1) is 0 Å². The quantitative estimate of drug-likeness (QED) is 0.599. The van der Waals surface area contributed by atoms with Crippen LogP contribution < -0.4 is 0 Å². The molecule has 3 rings (SSSR count). The lowest BCUT2D eigenvalue weighted by molar-refractivity contribution is 0.780. The van der Waals surface area contributed by atoms with E-state index in [-0.39, 0.29) is 0 Å². The van der Waals surface area contributed by atoms with Crippen molar-refractivity contribution in [2.75, 3.05) is 0 Å². The average Bonchev–Trinajstić information content (AvgIpc) is 2.69. The first kappa shape index (κ1) is 9.16. The van der Waals surface area contributed by atoms with E-state index >= 15 is 0 Å². The molecular weight excluding hydrogens is 196 g/mol. The fourth-order valence-electron chi connectivity index (χ4n) is 1.89. The Morgan fingerprint density at radius 2 is 2.12 bits per heavy atom. The largest absolute Gasteiger partial charge is 0.275 e. The van der Waals surface area contributed by atoms with Crippen molar-refractivity contribution >= 4 is 10.9 Å². The van der Waals surface area contributed by atoms with Gasteiger partial charge in [-0.05, 0) is 29.3 Å². The minimum absolute atomic E-state index is 1.03. The van der Waals surface area contributed by atoms with E-state index in [1.807, 2.05) is 42.2 Å². The molecule has 1 heterocycles. The Kier molecular flexibility index (Phi) is 2.00. The summed E-state index contributed by atoms with van der Waals surface area (Å²) in [5, 5.41) is 5.52. The highest BCUT2D eigenvalue weighted by molar-refractivity contribution is 5.83. The molecule has 77 valence electrons. The second-order valence-corrected chi connectivity index (χ2v) is 3.85. The molecule has 0 fully saturated rings. The second kappa shape index (κ2) is 3.49. The molecule has 0 aliphatic carbocycles. The van der Waals surface area contributed by atoms with E-state index in [1.54, 1.807) is 0 Å². The molecule has 0 spiro atoms. The molecular formula is C14H11N2. The predicted molar refractivity (Wildman–Crippen MR) is 65.0 cm³/mol. The summed E-state index contributed by atoms with van der Waals surface area (Å²) in [5.74, 6) is 0. The van der Waals surface area contributed by atoms with Gasteiger partial charge in [-0.2, -0.15) is 5.10 Å². The van der Waals surface area contributed by atoms with Crippen LogP contribution in [-0.4, -0.2) is 9.78 Å². The van der Waals surface area contributed by atoms with Gasteiger partial charge in [0.05, 0.1) is 5.52 Å². The Morgan fingerprint density at radius 1 is 1.19 bits per heavy atom. The van der Waals surface area contributed by atoms with E-state index < -0.39 is 0 Å². The number of hydrogen-bond acceptors (Lipinski definition) is 1. The fraction of sp³-hybridized carbons (Fsp3) is 0.0714. The van der Waals surface area contributed by atoms with E-state index in [4.69, 9.17) is 0 Å². The zero-order valence-corrected chi connectivity index (χ0v) is 9.01. The number of aromatic nitrogens is 2. The number of nitrogens with zero attached hydrogens (tertiary/aromatic N) is 2. The van der Waals surface area contributed by atoms with Crippen molar-refractivity contribution in [2.45, 2.75) is 0 Å². The summed E-state index contributed by atoms with van der Waals surface area (Å²) < 4.78 is 1.84. The van der Waals surface area contributed by atoms with Crippen LogP contribution in [0.15, 0.2) is 48.7 Å². The molecule has 16 heavy (non-hydrogen) atoms. The standard InChI is InChI=1S/C14H11N2/c1-16-10-13-9-12(7-8-14(13)15-16)11-5-3-2-4-6-11/h2-5,7-10H,1H3.